The third kappa shape index (κ3) is 2.88. The summed E-state index contributed by atoms with van der Waals surface area (Å²) in [4.78, 5) is 0. The number of rotatable bonds is 3. The van der Waals surface area contributed by atoms with Gasteiger partial charge in [-0.25, -0.2) is 4.39 Å². The predicted octanol–water partition coefficient (Wildman–Crippen LogP) is 5.25. The molecule has 1 N–H and O–H groups in total. The lowest BCUT2D eigenvalue weighted by molar-refractivity contribution is 0.373. The van der Waals surface area contributed by atoms with Crippen LogP contribution in [0.5, 0.6) is 0 Å². The van der Waals surface area contributed by atoms with Gasteiger partial charge in [-0.05, 0) is 49.4 Å². The Balaban J connectivity index is 1.60. The number of hydrogen-bond acceptors (Lipinski definition) is 1. The highest BCUT2D eigenvalue weighted by atomic mass is 79.9. The van der Waals surface area contributed by atoms with E-state index in [1.807, 2.05) is 0 Å². The van der Waals surface area contributed by atoms with Gasteiger partial charge in [-0.15, -0.1) is 0 Å². The van der Waals surface area contributed by atoms with E-state index in [1.54, 1.807) is 12.1 Å². The molecule has 1 aliphatic rings. The second kappa shape index (κ2) is 5.57. The van der Waals surface area contributed by atoms with Gasteiger partial charge in [-0.3, -0.25) is 0 Å². The average molecular weight is 334 g/mol. The van der Waals surface area contributed by atoms with E-state index >= 15 is 0 Å². The maximum absolute atomic E-state index is 13.7. The Morgan fingerprint density at radius 3 is 2.50 bits per heavy atom. The SMILES string of the molecule is Cc1ccc(C2CC(Nc3cc(Br)ccc3F)C2)cc1. The van der Waals surface area contributed by atoms with Crippen molar-refractivity contribution in [3.05, 3.63) is 63.9 Å². The molecule has 0 heterocycles. The Morgan fingerprint density at radius 1 is 1.10 bits per heavy atom. The number of nitrogens with one attached hydrogen (secondary N) is 1. The summed E-state index contributed by atoms with van der Waals surface area (Å²) >= 11 is 3.37. The molecule has 0 radical (unpaired) electrons. The molecule has 3 heteroatoms. The van der Waals surface area contributed by atoms with E-state index in [4.69, 9.17) is 0 Å². The smallest absolute Gasteiger partial charge is 0.146 e. The molecule has 0 aliphatic heterocycles. The van der Waals surface area contributed by atoms with E-state index in [-0.39, 0.29) is 5.82 Å². The molecule has 2 aromatic carbocycles. The fourth-order valence-corrected chi connectivity index (χ4v) is 3.04. The van der Waals surface area contributed by atoms with Crippen LogP contribution in [0.1, 0.15) is 29.9 Å². The summed E-state index contributed by atoms with van der Waals surface area (Å²) in [5.41, 5.74) is 3.27. The van der Waals surface area contributed by atoms with Crippen LogP contribution in [0, 0.1) is 12.7 Å². The van der Waals surface area contributed by atoms with Crippen LogP contribution < -0.4 is 5.32 Å². The van der Waals surface area contributed by atoms with Crippen molar-refractivity contribution >= 4 is 21.6 Å². The molecular formula is C17H17BrFN. The first-order valence-electron chi connectivity index (χ1n) is 6.90. The summed E-state index contributed by atoms with van der Waals surface area (Å²) in [6, 6.07) is 14.1. The summed E-state index contributed by atoms with van der Waals surface area (Å²) in [5, 5.41) is 3.29. The first-order chi connectivity index (χ1) is 9.61. The zero-order valence-corrected chi connectivity index (χ0v) is 13.0. The number of benzene rings is 2. The normalized spacial score (nSPS) is 21.4. The average Bonchev–Trinajstić information content (AvgIpc) is 2.39. The van der Waals surface area contributed by atoms with Crippen LogP contribution in [-0.2, 0) is 0 Å². The molecule has 0 bridgehead atoms. The Kier molecular flexibility index (Phi) is 3.79. The Morgan fingerprint density at radius 2 is 1.80 bits per heavy atom. The number of halogens is 2. The van der Waals surface area contributed by atoms with E-state index in [0.29, 0.717) is 17.6 Å². The Bertz CT molecular complexity index is 603. The lowest BCUT2D eigenvalue weighted by Gasteiger charge is -2.37. The van der Waals surface area contributed by atoms with E-state index in [9.17, 15) is 4.39 Å². The van der Waals surface area contributed by atoms with Crippen LogP contribution in [0.3, 0.4) is 0 Å². The second-order valence-corrected chi connectivity index (χ2v) is 6.46. The van der Waals surface area contributed by atoms with E-state index in [0.717, 1.165) is 17.3 Å². The molecule has 1 saturated carbocycles. The monoisotopic (exact) mass is 333 g/mol. The molecule has 0 spiro atoms. The van der Waals surface area contributed by atoms with Crippen molar-refractivity contribution in [1.29, 1.82) is 0 Å². The zero-order valence-electron chi connectivity index (χ0n) is 11.4. The fraction of sp³-hybridized carbons (Fsp3) is 0.294. The van der Waals surface area contributed by atoms with E-state index < -0.39 is 0 Å². The summed E-state index contributed by atoms with van der Waals surface area (Å²) < 4.78 is 14.6. The molecule has 0 amide bonds. The van der Waals surface area contributed by atoms with Crippen molar-refractivity contribution in [2.75, 3.05) is 5.32 Å². The van der Waals surface area contributed by atoms with Crippen LogP contribution in [0.4, 0.5) is 10.1 Å². The number of aryl methyl sites for hydroxylation is 1. The standard InChI is InChI=1S/C17H17BrFN/c1-11-2-4-12(5-3-11)13-8-15(9-13)20-17-10-14(18)6-7-16(17)19/h2-7,10,13,15,20H,8-9H2,1H3. The first-order valence-corrected chi connectivity index (χ1v) is 7.69. The highest BCUT2D eigenvalue weighted by molar-refractivity contribution is 9.10. The number of anilines is 1. The molecule has 2 aromatic rings. The van der Waals surface area contributed by atoms with Gasteiger partial charge in [-0.1, -0.05) is 45.8 Å². The van der Waals surface area contributed by atoms with Crippen molar-refractivity contribution in [1.82, 2.24) is 0 Å². The molecule has 0 unspecified atom stereocenters. The van der Waals surface area contributed by atoms with Crippen LogP contribution in [0.15, 0.2) is 46.9 Å². The van der Waals surface area contributed by atoms with Crippen molar-refractivity contribution in [3.8, 4) is 0 Å². The van der Waals surface area contributed by atoms with Crippen LogP contribution in [0.25, 0.3) is 0 Å². The lowest BCUT2D eigenvalue weighted by Crippen LogP contribution is -2.34. The third-order valence-corrected chi connectivity index (χ3v) is 4.47. The quantitative estimate of drug-likeness (QED) is 0.808. The summed E-state index contributed by atoms with van der Waals surface area (Å²) in [6.45, 7) is 2.10. The van der Waals surface area contributed by atoms with Crippen molar-refractivity contribution in [2.45, 2.75) is 31.7 Å². The largest absolute Gasteiger partial charge is 0.380 e. The maximum atomic E-state index is 13.7. The minimum atomic E-state index is -0.188. The minimum Gasteiger partial charge on any atom is -0.380 e. The Hall–Kier alpha value is -1.35. The van der Waals surface area contributed by atoms with Gasteiger partial charge < -0.3 is 5.32 Å². The second-order valence-electron chi connectivity index (χ2n) is 5.54. The van der Waals surface area contributed by atoms with Gasteiger partial charge in [0.15, 0.2) is 0 Å². The third-order valence-electron chi connectivity index (χ3n) is 3.97. The highest BCUT2D eigenvalue weighted by Gasteiger charge is 2.30. The van der Waals surface area contributed by atoms with Crippen molar-refractivity contribution < 1.29 is 4.39 Å². The Labute approximate surface area is 127 Å². The van der Waals surface area contributed by atoms with E-state index in [1.165, 1.54) is 17.2 Å². The number of hydrogen-bond donors (Lipinski definition) is 1. The maximum Gasteiger partial charge on any atom is 0.146 e. The van der Waals surface area contributed by atoms with Crippen LogP contribution >= 0.6 is 15.9 Å². The van der Waals surface area contributed by atoms with Gasteiger partial charge >= 0.3 is 0 Å². The molecule has 3 rings (SSSR count). The zero-order chi connectivity index (χ0) is 14.1. The summed E-state index contributed by atoms with van der Waals surface area (Å²) in [7, 11) is 0. The molecule has 104 valence electrons. The predicted molar refractivity (Wildman–Crippen MR) is 84.7 cm³/mol. The van der Waals surface area contributed by atoms with Gasteiger partial charge in [0.1, 0.15) is 5.82 Å². The topological polar surface area (TPSA) is 12.0 Å². The van der Waals surface area contributed by atoms with Gasteiger partial charge in [0, 0.05) is 10.5 Å². The van der Waals surface area contributed by atoms with Gasteiger partial charge in [0.2, 0.25) is 0 Å². The molecule has 20 heavy (non-hydrogen) atoms. The fourth-order valence-electron chi connectivity index (χ4n) is 2.67. The molecule has 0 aromatic heterocycles. The van der Waals surface area contributed by atoms with Crippen molar-refractivity contribution in [3.63, 3.8) is 0 Å². The molecule has 0 saturated heterocycles. The summed E-state index contributed by atoms with van der Waals surface area (Å²) in [5.74, 6) is 0.412. The molecular weight excluding hydrogens is 317 g/mol. The van der Waals surface area contributed by atoms with Crippen LogP contribution in [-0.4, -0.2) is 6.04 Å². The molecule has 1 nitrogen and oxygen atoms in total. The van der Waals surface area contributed by atoms with Gasteiger partial charge in [-0.2, -0.15) is 0 Å². The molecule has 0 atom stereocenters. The van der Waals surface area contributed by atoms with E-state index in [2.05, 4.69) is 52.4 Å². The van der Waals surface area contributed by atoms with Crippen molar-refractivity contribution in [2.24, 2.45) is 0 Å². The molecule has 1 fully saturated rings. The highest BCUT2D eigenvalue weighted by Crippen LogP contribution is 2.39. The minimum absolute atomic E-state index is 0.188. The van der Waals surface area contributed by atoms with Gasteiger partial charge in [0.05, 0.1) is 5.69 Å². The first kappa shape index (κ1) is 13.6. The van der Waals surface area contributed by atoms with Crippen LogP contribution in [0.2, 0.25) is 0 Å². The summed E-state index contributed by atoms with van der Waals surface area (Å²) in [6.07, 6.45) is 2.13. The van der Waals surface area contributed by atoms with Gasteiger partial charge in [0.25, 0.3) is 0 Å². The molecule has 1 aliphatic carbocycles. The lowest BCUT2D eigenvalue weighted by atomic mass is 9.75.